The Morgan fingerprint density at radius 1 is 1.17 bits per heavy atom. The second-order valence-electron chi connectivity index (χ2n) is 4.43. The van der Waals surface area contributed by atoms with Crippen LogP contribution in [0.1, 0.15) is 18.1 Å². The Balaban J connectivity index is 2.27. The first-order valence-corrected chi connectivity index (χ1v) is 5.56. The van der Waals surface area contributed by atoms with Gasteiger partial charge in [0.2, 0.25) is 0 Å². The summed E-state index contributed by atoms with van der Waals surface area (Å²) in [6, 6.07) is 7.22. The summed E-state index contributed by atoms with van der Waals surface area (Å²) in [5, 5.41) is 10.3. The van der Waals surface area contributed by atoms with Gasteiger partial charge in [-0.25, -0.2) is 8.78 Å². The molecule has 0 aliphatic heterocycles. The zero-order valence-corrected chi connectivity index (χ0v) is 9.90. The van der Waals surface area contributed by atoms with Crippen LogP contribution < -0.4 is 0 Å². The number of rotatable bonds is 3. The Hall–Kier alpha value is -1.81. The minimum absolute atomic E-state index is 0.182. The summed E-state index contributed by atoms with van der Waals surface area (Å²) in [7, 11) is 0. The number of aliphatic hydroxyl groups is 1. The van der Waals surface area contributed by atoms with E-state index in [2.05, 4.69) is 4.98 Å². The fourth-order valence-corrected chi connectivity index (χ4v) is 1.91. The molecule has 1 N–H and O–H groups in total. The fraction of sp³-hybridized carbons (Fsp3) is 0.214. The minimum Gasteiger partial charge on any atom is -0.385 e. The predicted molar refractivity (Wildman–Crippen MR) is 63.9 cm³/mol. The summed E-state index contributed by atoms with van der Waals surface area (Å²) in [4.78, 5) is 3.64. The SMILES string of the molecule is CC(O)(Cc1ccc(F)cc1)c1ccncc1F. The first kappa shape index (κ1) is 12.6. The lowest BCUT2D eigenvalue weighted by Crippen LogP contribution is -2.25. The summed E-state index contributed by atoms with van der Waals surface area (Å²) in [5.74, 6) is -0.891. The monoisotopic (exact) mass is 249 g/mol. The van der Waals surface area contributed by atoms with Gasteiger partial charge < -0.3 is 5.11 Å². The minimum atomic E-state index is -1.36. The Morgan fingerprint density at radius 3 is 2.44 bits per heavy atom. The van der Waals surface area contributed by atoms with Crippen LogP contribution in [0.5, 0.6) is 0 Å². The number of hydrogen-bond donors (Lipinski definition) is 1. The van der Waals surface area contributed by atoms with E-state index in [4.69, 9.17) is 0 Å². The van der Waals surface area contributed by atoms with Gasteiger partial charge in [0, 0.05) is 18.2 Å². The normalized spacial score (nSPS) is 14.2. The van der Waals surface area contributed by atoms with Gasteiger partial charge in [-0.1, -0.05) is 12.1 Å². The highest BCUT2D eigenvalue weighted by atomic mass is 19.1. The van der Waals surface area contributed by atoms with Gasteiger partial charge >= 0.3 is 0 Å². The second-order valence-corrected chi connectivity index (χ2v) is 4.43. The molecule has 2 rings (SSSR count). The van der Waals surface area contributed by atoms with Crippen molar-refractivity contribution in [1.82, 2.24) is 4.98 Å². The average Bonchev–Trinajstić information content (AvgIpc) is 2.32. The number of benzene rings is 1. The van der Waals surface area contributed by atoms with Gasteiger partial charge in [0.25, 0.3) is 0 Å². The second kappa shape index (κ2) is 4.82. The third kappa shape index (κ3) is 2.71. The number of nitrogens with zero attached hydrogens (tertiary/aromatic N) is 1. The van der Waals surface area contributed by atoms with Gasteiger partial charge in [-0.2, -0.15) is 0 Å². The third-order valence-corrected chi connectivity index (χ3v) is 2.81. The topological polar surface area (TPSA) is 33.1 Å². The predicted octanol–water partition coefficient (Wildman–Crippen LogP) is 2.81. The van der Waals surface area contributed by atoms with Crippen molar-refractivity contribution in [2.45, 2.75) is 18.9 Å². The molecule has 0 spiro atoms. The molecule has 4 heteroatoms. The van der Waals surface area contributed by atoms with Crippen molar-refractivity contribution >= 4 is 0 Å². The third-order valence-electron chi connectivity index (χ3n) is 2.81. The Bertz CT molecular complexity index is 538. The molecule has 94 valence electrons. The van der Waals surface area contributed by atoms with E-state index < -0.39 is 11.4 Å². The summed E-state index contributed by atoms with van der Waals surface area (Å²) in [5.41, 5.74) is -0.440. The van der Waals surface area contributed by atoms with Crippen molar-refractivity contribution in [3.05, 3.63) is 65.5 Å². The van der Waals surface area contributed by atoms with Crippen LogP contribution in [0.3, 0.4) is 0 Å². The highest BCUT2D eigenvalue weighted by Crippen LogP contribution is 2.26. The lowest BCUT2D eigenvalue weighted by molar-refractivity contribution is 0.0536. The van der Waals surface area contributed by atoms with Gasteiger partial charge in [-0.05, 0) is 30.7 Å². The van der Waals surface area contributed by atoms with Crippen LogP contribution in [0.2, 0.25) is 0 Å². The van der Waals surface area contributed by atoms with Gasteiger partial charge in [0.1, 0.15) is 11.6 Å². The Morgan fingerprint density at radius 2 is 1.83 bits per heavy atom. The van der Waals surface area contributed by atoms with Gasteiger partial charge in [-0.3, -0.25) is 4.98 Å². The molecule has 0 radical (unpaired) electrons. The van der Waals surface area contributed by atoms with Crippen LogP contribution in [0.25, 0.3) is 0 Å². The summed E-state index contributed by atoms with van der Waals surface area (Å²) in [6.45, 7) is 1.52. The molecule has 1 heterocycles. The highest BCUT2D eigenvalue weighted by molar-refractivity contribution is 5.25. The maximum Gasteiger partial charge on any atom is 0.147 e. The summed E-state index contributed by atoms with van der Waals surface area (Å²) >= 11 is 0. The fourth-order valence-electron chi connectivity index (χ4n) is 1.91. The van der Waals surface area contributed by atoms with E-state index in [1.54, 1.807) is 12.1 Å². The Labute approximate surface area is 104 Å². The molecule has 0 amide bonds. The highest BCUT2D eigenvalue weighted by Gasteiger charge is 2.26. The van der Waals surface area contributed by atoms with Crippen molar-refractivity contribution in [1.29, 1.82) is 0 Å². The zero-order valence-electron chi connectivity index (χ0n) is 9.90. The largest absolute Gasteiger partial charge is 0.385 e. The van der Waals surface area contributed by atoms with Crippen LogP contribution in [-0.4, -0.2) is 10.1 Å². The lowest BCUT2D eigenvalue weighted by Gasteiger charge is -2.24. The molecule has 0 saturated carbocycles. The van der Waals surface area contributed by atoms with Crippen molar-refractivity contribution in [3.8, 4) is 0 Å². The van der Waals surface area contributed by atoms with E-state index in [-0.39, 0.29) is 17.8 Å². The van der Waals surface area contributed by atoms with E-state index in [0.29, 0.717) is 0 Å². The van der Waals surface area contributed by atoms with Crippen LogP contribution >= 0.6 is 0 Å². The number of hydrogen-bond acceptors (Lipinski definition) is 2. The zero-order chi connectivity index (χ0) is 13.2. The van der Waals surface area contributed by atoms with E-state index >= 15 is 0 Å². The van der Waals surface area contributed by atoms with E-state index in [9.17, 15) is 13.9 Å². The molecule has 1 unspecified atom stereocenters. The van der Waals surface area contributed by atoms with Gasteiger partial charge in [0.05, 0.1) is 11.8 Å². The lowest BCUT2D eigenvalue weighted by atomic mass is 9.89. The van der Waals surface area contributed by atoms with Crippen molar-refractivity contribution in [3.63, 3.8) is 0 Å². The standard InChI is InChI=1S/C14H13F2NO/c1-14(18,12-6-7-17-9-13(12)16)8-10-2-4-11(15)5-3-10/h2-7,9,18H,8H2,1H3. The van der Waals surface area contributed by atoms with Crippen molar-refractivity contribution < 1.29 is 13.9 Å². The molecule has 2 aromatic rings. The quantitative estimate of drug-likeness (QED) is 0.907. The number of halogens is 2. The first-order valence-electron chi connectivity index (χ1n) is 5.56. The molecule has 2 nitrogen and oxygen atoms in total. The summed E-state index contributed by atoms with van der Waals surface area (Å²) < 4.78 is 26.3. The van der Waals surface area contributed by atoms with Crippen LogP contribution in [0.15, 0.2) is 42.7 Å². The summed E-state index contributed by atoms with van der Waals surface area (Å²) in [6.07, 6.45) is 2.69. The van der Waals surface area contributed by atoms with Crippen molar-refractivity contribution in [2.75, 3.05) is 0 Å². The molecule has 0 aliphatic rings. The molecule has 1 atom stereocenters. The van der Waals surface area contributed by atoms with Gasteiger partial charge in [0.15, 0.2) is 0 Å². The number of pyridine rings is 1. The molecular formula is C14H13F2NO. The average molecular weight is 249 g/mol. The molecule has 1 aromatic carbocycles. The molecule has 0 saturated heterocycles. The van der Waals surface area contributed by atoms with E-state index in [1.807, 2.05) is 0 Å². The molecule has 0 fully saturated rings. The number of aromatic nitrogens is 1. The van der Waals surface area contributed by atoms with Crippen LogP contribution in [0, 0.1) is 11.6 Å². The molecule has 18 heavy (non-hydrogen) atoms. The Kier molecular flexibility index (Phi) is 3.39. The first-order chi connectivity index (χ1) is 8.49. The molecular weight excluding hydrogens is 236 g/mol. The molecule has 0 bridgehead atoms. The van der Waals surface area contributed by atoms with E-state index in [1.165, 1.54) is 31.3 Å². The smallest absolute Gasteiger partial charge is 0.147 e. The molecule has 1 aromatic heterocycles. The maximum absolute atomic E-state index is 13.6. The molecule has 0 aliphatic carbocycles. The van der Waals surface area contributed by atoms with Gasteiger partial charge in [-0.15, -0.1) is 0 Å². The van der Waals surface area contributed by atoms with Crippen molar-refractivity contribution in [2.24, 2.45) is 0 Å². The van der Waals surface area contributed by atoms with Crippen LogP contribution in [0.4, 0.5) is 8.78 Å². The van der Waals surface area contributed by atoms with Crippen LogP contribution in [-0.2, 0) is 12.0 Å². The maximum atomic E-state index is 13.6. The van der Waals surface area contributed by atoms with E-state index in [0.717, 1.165) is 11.8 Å².